The van der Waals surface area contributed by atoms with E-state index < -0.39 is 5.97 Å². The maximum Gasteiger partial charge on any atom is 0.335 e. The zero-order valence-electron chi connectivity index (χ0n) is 10.6. The molecular weight excluding hydrogens is 320 g/mol. The second-order valence-electron chi connectivity index (χ2n) is 4.59. The number of aromatic nitrogens is 2. The normalized spacial score (nSPS) is 10.9. The quantitative estimate of drug-likeness (QED) is 0.746. The predicted molar refractivity (Wildman–Crippen MR) is 80.9 cm³/mol. The van der Waals surface area contributed by atoms with Crippen LogP contribution >= 0.6 is 15.9 Å². The Kier molecular flexibility index (Phi) is 3.06. The van der Waals surface area contributed by atoms with E-state index in [4.69, 9.17) is 5.11 Å². The van der Waals surface area contributed by atoms with Gasteiger partial charge in [-0.3, -0.25) is 0 Å². The average molecular weight is 331 g/mol. The van der Waals surface area contributed by atoms with E-state index in [0.717, 1.165) is 26.6 Å². The molecule has 0 atom stereocenters. The molecule has 0 aliphatic rings. The maximum atomic E-state index is 11.0. The van der Waals surface area contributed by atoms with E-state index >= 15 is 0 Å². The molecule has 0 fully saturated rings. The number of carbonyl (C=O) groups is 1. The molecule has 3 rings (SSSR count). The molecule has 2 aromatic carbocycles. The van der Waals surface area contributed by atoms with Gasteiger partial charge in [-0.15, -0.1) is 0 Å². The number of benzene rings is 2. The van der Waals surface area contributed by atoms with Gasteiger partial charge in [0.1, 0.15) is 5.82 Å². The van der Waals surface area contributed by atoms with Crippen LogP contribution in [0.25, 0.3) is 22.4 Å². The van der Waals surface area contributed by atoms with Crippen LogP contribution < -0.4 is 0 Å². The minimum absolute atomic E-state index is 0.251. The molecule has 5 heteroatoms. The highest BCUT2D eigenvalue weighted by Crippen LogP contribution is 2.26. The van der Waals surface area contributed by atoms with Crippen LogP contribution in [0.15, 0.2) is 40.9 Å². The fraction of sp³-hybridized carbons (Fsp3) is 0.0667. The van der Waals surface area contributed by atoms with Crippen molar-refractivity contribution in [2.75, 3.05) is 0 Å². The lowest BCUT2D eigenvalue weighted by Crippen LogP contribution is -1.95. The van der Waals surface area contributed by atoms with Crippen molar-refractivity contribution >= 4 is 32.9 Å². The Morgan fingerprint density at radius 1 is 1.30 bits per heavy atom. The van der Waals surface area contributed by atoms with Gasteiger partial charge in [0, 0.05) is 10.0 Å². The summed E-state index contributed by atoms with van der Waals surface area (Å²) in [5.74, 6) is -0.272. The van der Waals surface area contributed by atoms with Gasteiger partial charge in [0.05, 0.1) is 16.6 Å². The van der Waals surface area contributed by atoms with Crippen LogP contribution in [0, 0.1) is 6.92 Å². The summed E-state index contributed by atoms with van der Waals surface area (Å²) in [6.07, 6.45) is 0. The number of H-pyrrole nitrogens is 1. The molecule has 0 spiro atoms. The second kappa shape index (κ2) is 4.76. The summed E-state index contributed by atoms with van der Waals surface area (Å²) in [5.41, 5.74) is 3.89. The molecule has 20 heavy (non-hydrogen) atoms. The van der Waals surface area contributed by atoms with Crippen molar-refractivity contribution in [2.24, 2.45) is 0 Å². The molecule has 0 bridgehead atoms. The van der Waals surface area contributed by atoms with E-state index in [1.165, 1.54) is 0 Å². The topological polar surface area (TPSA) is 66.0 Å². The summed E-state index contributed by atoms with van der Waals surface area (Å²) in [5, 5.41) is 9.04. The highest BCUT2D eigenvalue weighted by Gasteiger charge is 2.10. The number of halogens is 1. The SMILES string of the molecule is Cc1cc(Br)cc2[nH]c(-c3cccc(C(=O)O)c3)nc12. The summed E-state index contributed by atoms with van der Waals surface area (Å²) in [4.78, 5) is 18.8. The molecule has 0 unspecified atom stereocenters. The van der Waals surface area contributed by atoms with Crippen molar-refractivity contribution < 1.29 is 9.90 Å². The number of aryl methyl sites for hydroxylation is 1. The lowest BCUT2D eigenvalue weighted by molar-refractivity contribution is 0.0697. The molecule has 4 nitrogen and oxygen atoms in total. The Hall–Kier alpha value is -2.14. The van der Waals surface area contributed by atoms with Crippen LogP contribution in [0.5, 0.6) is 0 Å². The van der Waals surface area contributed by atoms with Crippen LogP contribution in [0.2, 0.25) is 0 Å². The van der Waals surface area contributed by atoms with Crippen LogP contribution in [0.4, 0.5) is 0 Å². The molecule has 0 aliphatic heterocycles. The van der Waals surface area contributed by atoms with Crippen molar-refractivity contribution in [1.29, 1.82) is 0 Å². The number of hydrogen-bond acceptors (Lipinski definition) is 2. The van der Waals surface area contributed by atoms with Gasteiger partial charge in [0.15, 0.2) is 0 Å². The Labute approximate surface area is 123 Å². The average Bonchev–Trinajstić information content (AvgIpc) is 2.83. The van der Waals surface area contributed by atoms with Gasteiger partial charge >= 0.3 is 5.97 Å². The summed E-state index contributed by atoms with van der Waals surface area (Å²) in [6.45, 7) is 1.99. The highest BCUT2D eigenvalue weighted by atomic mass is 79.9. The van der Waals surface area contributed by atoms with E-state index in [-0.39, 0.29) is 5.56 Å². The summed E-state index contributed by atoms with van der Waals surface area (Å²) < 4.78 is 0.983. The van der Waals surface area contributed by atoms with E-state index in [9.17, 15) is 4.79 Å². The van der Waals surface area contributed by atoms with Crippen molar-refractivity contribution in [1.82, 2.24) is 9.97 Å². The lowest BCUT2D eigenvalue weighted by atomic mass is 10.1. The van der Waals surface area contributed by atoms with Crippen molar-refractivity contribution in [2.45, 2.75) is 6.92 Å². The minimum atomic E-state index is -0.943. The lowest BCUT2D eigenvalue weighted by Gasteiger charge is -1.98. The van der Waals surface area contributed by atoms with Gasteiger partial charge in [-0.05, 0) is 36.8 Å². The van der Waals surface area contributed by atoms with E-state index in [1.54, 1.807) is 18.2 Å². The number of carboxylic acids is 1. The zero-order chi connectivity index (χ0) is 14.3. The monoisotopic (exact) mass is 330 g/mol. The predicted octanol–water partition coefficient (Wildman–Crippen LogP) is 4.00. The number of aromatic carboxylic acids is 1. The largest absolute Gasteiger partial charge is 0.478 e. The molecular formula is C15H11BrN2O2. The Morgan fingerprint density at radius 3 is 2.85 bits per heavy atom. The molecule has 2 N–H and O–H groups in total. The number of imidazole rings is 1. The fourth-order valence-corrected chi connectivity index (χ4v) is 2.76. The molecule has 1 heterocycles. The standard InChI is InChI=1S/C15H11BrN2O2/c1-8-5-11(16)7-12-13(8)18-14(17-12)9-3-2-4-10(6-9)15(19)20/h2-7H,1H3,(H,17,18)(H,19,20). The number of nitrogens with one attached hydrogen (secondary N) is 1. The van der Waals surface area contributed by atoms with Gasteiger partial charge in [0.2, 0.25) is 0 Å². The summed E-state index contributed by atoms with van der Waals surface area (Å²) in [6, 6.07) is 10.7. The maximum absolute atomic E-state index is 11.0. The number of hydrogen-bond donors (Lipinski definition) is 2. The minimum Gasteiger partial charge on any atom is -0.478 e. The van der Waals surface area contributed by atoms with Crippen LogP contribution in [-0.4, -0.2) is 21.0 Å². The number of fused-ring (bicyclic) bond motifs is 1. The van der Waals surface area contributed by atoms with Gasteiger partial charge in [0.25, 0.3) is 0 Å². The number of aromatic amines is 1. The van der Waals surface area contributed by atoms with Gasteiger partial charge in [-0.1, -0.05) is 28.1 Å². The molecule has 0 radical (unpaired) electrons. The first-order valence-electron chi connectivity index (χ1n) is 6.04. The van der Waals surface area contributed by atoms with Crippen molar-refractivity contribution in [3.63, 3.8) is 0 Å². The summed E-state index contributed by atoms with van der Waals surface area (Å²) >= 11 is 3.45. The smallest absolute Gasteiger partial charge is 0.335 e. The number of carboxylic acid groups (broad SMARTS) is 1. The molecule has 0 saturated carbocycles. The van der Waals surface area contributed by atoms with Crippen LogP contribution in [0.3, 0.4) is 0 Å². The Bertz CT molecular complexity index is 824. The van der Waals surface area contributed by atoms with Crippen LogP contribution in [-0.2, 0) is 0 Å². The van der Waals surface area contributed by atoms with Crippen molar-refractivity contribution in [3.8, 4) is 11.4 Å². The van der Waals surface area contributed by atoms with E-state index in [0.29, 0.717) is 5.82 Å². The summed E-state index contributed by atoms with van der Waals surface area (Å²) in [7, 11) is 0. The van der Waals surface area contributed by atoms with Gasteiger partial charge in [-0.2, -0.15) is 0 Å². The van der Waals surface area contributed by atoms with Crippen LogP contribution in [0.1, 0.15) is 15.9 Å². The first kappa shape index (κ1) is 12.9. The Morgan fingerprint density at radius 2 is 2.10 bits per heavy atom. The number of nitrogens with zero attached hydrogens (tertiary/aromatic N) is 1. The fourth-order valence-electron chi connectivity index (χ4n) is 2.18. The third-order valence-electron chi connectivity index (χ3n) is 3.12. The molecule has 0 amide bonds. The third-order valence-corrected chi connectivity index (χ3v) is 3.58. The van der Waals surface area contributed by atoms with Crippen molar-refractivity contribution in [3.05, 3.63) is 52.0 Å². The Balaban J connectivity index is 2.17. The number of rotatable bonds is 2. The first-order chi connectivity index (χ1) is 9.54. The van der Waals surface area contributed by atoms with E-state index in [2.05, 4.69) is 25.9 Å². The molecule has 1 aromatic heterocycles. The first-order valence-corrected chi connectivity index (χ1v) is 6.83. The zero-order valence-corrected chi connectivity index (χ0v) is 12.2. The molecule has 3 aromatic rings. The van der Waals surface area contributed by atoms with Gasteiger partial charge in [-0.25, -0.2) is 9.78 Å². The molecule has 100 valence electrons. The van der Waals surface area contributed by atoms with Gasteiger partial charge < -0.3 is 10.1 Å². The van der Waals surface area contributed by atoms with E-state index in [1.807, 2.05) is 25.1 Å². The third kappa shape index (κ3) is 2.20. The molecule has 0 aliphatic carbocycles. The molecule has 0 saturated heterocycles. The highest BCUT2D eigenvalue weighted by molar-refractivity contribution is 9.10. The second-order valence-corrected chi connectivity index (χ2v) is 5.51.